The molecule has 1 fully saturated rings. The Labute approximate surface area is 162 Å². The van der Waals surface area contributed by atoms with E-state index in [2.05, 4.69) is 11.2 Å². The van der Waals surface area contributed by atoms with E-state index in [1.807, 2.05) is 13.0 Å². The molecule has 0 spiro atoms. The zero-order valence-corrected chi connectivity index (χ0v) is 15.5. The third kappa shape index (κ3) is 3.79. The van der Waals surface area contributed by atoms with Gasteiger partial charge in [0.2, 0.25) is 0 Å². The zero-order chi connectivity index (χ0) is 20.3. The van der Waals surface area contributed by atoms with Crippen LogP contribution in [-0.4, -0.2) is 24.5 Å². The molecule has 0 aliphatic carbocycles. The number of terminal acetylenes is 1. The number of nitrogens with one attached hydrogen (secondary N) is 1. The summed E-state index contributed by atoms with van der Waals surface area (Å²) in [6.45, 7) is 3.87. The van der Waals surface area contributed by atoms with Crippen LogP contribution in [0, 0.1) is 26.2 Å². The second kappa shape index (κ2) is 7.80. The van der Waals surface area contributed by atoms with Crippen LogP contribution in [0.1, 0.15) is 16.7 Å². The number of hydrogen-bond donors (Lipinski definition) is 1. The first-order valence-electron chi connectivity index (χ1n) is 8.55. The van der Waals surface area contributed by atoms with E-state index >= 15 is 0 Å². The molecule has 1 N–H and O–H groups in total. The first kappa shape index (κ1) is 18.9. The Balaban J connectivity index is 1.93. The topological polar surface area (TPSA) is 75.7 Å². The number of aryl methyl sites for hydroxylation is 2. The van der Waals surface area contributed by atoms with Crippen LogP contribution in [0.3, 0.4) is 0 Å². The number of amides is 4. The standard InChI is InChI=1S/C22H18N2O4/c1-4-11-28-17-8-6-16(7-9-17)13-18-20(25)23-22(27)24(21(18)26)19-10-5-14(2)12-15(19)3/h1,5-10,12-13H,11H2,2-3H3,(H,23,25,27)/b18-13+. The lowest BCUT2D eigenvalue weighted by atomic mass is 10.0. The van der Waals surface area contributed by atoms with Crippen molar-refractivity contribution in [1.82, 2.24) is 5.32 Å². The van der Waals surface area contributed by atoms with Crippen LogP contribution >= 0.6 is 0 Å². The number of imide groups is 2. The molecule has 28 heavy (non-hydrogen) atoms. The van der Waals surface area contributed by atoms with Crippen LogP contribution in [0.2, 0.25) is 0 Å². The van der Waals surface area contributed by atoms with Crippen molar-refractivity contribution in [1.29, 1.82) is 0 Å². The predicted octanol–water partition coefficient (Wildman–Crippen LogP) is 2.98. The van der Waals surface area contributed by atoms with Crippen molar-refractivity contribution in [3.05, 3.63) is 64.7 Å². The molecule has 1 aliphatic heterocycles. The molecule has 2 aromatic carbocycles. The molecule has 0 radical (unpaired) electrons. The Bertz CT molecular complexity index is 1030. The van der Waals surface area contributed by atoms with Gasteiger partial charge in [-0.25, -0.2) is 9.69 Å². The number of rotatable bonds is 4. The highest BCUT2D eigenvalue weighted by molar-refractivity contribution is 6.39. The third-order valence-electron chi connectivity index (χ3n) is 4.21. The quantitative estimate of drug-likeness (QED) is 0.507. The molecule has 140 valence electrons. The summed E-state index contributed by atoms with van der Waals surface area (Å²) in [5, 5.41) is 2.22. The summed E-state index contributed by atoms with van der Waals surface area (Å²) in [4.78, 5) is 38.5. The first-order valence-corrected chi connectivity index (χ1v) is 8.55. The fraction of sp³-hybridized carbons (Fsp3) is 0.136. The lowest BCUT2D eigenvalue weighted by molar-refractivity contribution is -0.122. The fourth-order valence-electron chi connectivity index (χ4n) is 2.88. The van der Waals surface area contributed by atoms with Crippen LogP contribution < -0.4 is 15.0 Å². The Morgan fingerprint density at radius 2 is 1.82 bits per heavy atom. The molecule has 0 aromatic heterocycles. The van der Waals surface area contributed by atoms with E-state index < -0.39 is 17.8 Å². The molecular formula is C22H18N2O4. The van der Waals surface area contributed by atoms with Crippen molar-refractivity contribution >= 4 is 29.6 Å². The van der Waals surface area contributed by atoms with E-state index in [1.165, 1.54) is 6.08 Å². The van der Waals surface area contributed by atoms with Gasteiger partial charge < -0.3 is 4.74 Å². The van der Waals surface area contributed by atoms with E-state index in [0.29, 0.717) is 17.0 Å². The van der Waals surface area contributed by atoms with Gasteiger partial charge in [0.15, 0.2) is 0 Å². The summed E-state index contributed by atoms with van der Waals surface area (Å²) >= 11 is 0. The van der Waals surface area contributed by atoms with Crippen molar-refractivity contribution in [2.75, 3.05) is 11.5 Å². The summed E-state index contributed by atoms with van der Waals surface area (Å²) in [5.74, 6) is 1.54. The number of nitrogens with zero attached hydrogens (tertiary/aromatic N) is 1. The molecule has 4 amide bonds. The predicted molar refractivity (Wildman–Crippen MR) is 106 cm³/mol. The maximum absolute atomic E-state index is 12.9. The Kier molecular flexibility index (Phi) is 5.28. The van der Waals surface area contributed by atoms with Crippen molar-refractivity contribution in [2.24, 2.45) is 0 Å². The maximum atomic E-state index is 12.9. The highest BCUT2D eigenvalue weighted by atomic mass is 16.5. The lowest BCUT2D eigenvalue weighted by Gasteiger charge is -2.27. The van der Waals surface area contributed by atoms with E-state index in [4.69, 9.17) is 11.2 Å². The van der Waals surface area contributed by atoms with Crippen LogP contribution in [0.25, 0.3) is 6.08 Å². The minimum absolute atomic E-state index is 0.128. The van der Waals surface area contributed by atoms with E-state index in [1.54, 1.807) is 43.3 Å². The number of carbonyl (C=O) groups excluding carboxylic acids is 3. The van der Waals surface area contributed by atoms with E-state index in [-0.39, 0.29) is 12.2 Å². The first-order chi connectivity index (χ1) is 13.4. The highest BCUT2D eigenvalue weighted by Gasteiger charge is 2.37. The van der Waals surface area contributed by atoms with Gasteiger partial charge >= 0.3 is 6.03 Å². The van der Waals surface area contributed by atoms with Gasteiger partial charge in [-0.1, -0.05) is 35.7 Å². The maximum Gasteiger partial charge on any atom is 0.335 e. The van der Waals surface area contributed by atoms with Crippen LogP contribution in [0.5, 0.6) is 5.75 Å². The number of barbiturate groups is 1. The summed E-state index contributed by atoms with van der Waals surface area (Å²) in [6.07, 6.45) is 6.59. The van der Waals surface area contributed by atoms with Gasteiger partial charge in [-0.3, -0.25) is 14.9 Å². The highest BCUT2D eigenvalue weighted by Crippen LogP contribution is 2.26. The van der Waals surface area contributed by atoms with Gasteiger partial charge in [-0.05, 0) is 49.2 Å². The van der Waals surface area contributed by atoms with Gasteiger partial charge in [0.1, 0.15) is 17.9 Å². The zero-order valence-electron chi connectivity index (χ0n) is 15.5. The van der Waals surface area contributed by atoms with Gasteiger partial charge in [-0.2, -0.15) is 0 Å². The monoisotopic (exact) mass is 374 g/mol. The molecular weight excluding hydrogens is 356 g/mol. The van der Waals surface area contributed by atoms with Crippen molar-refractivity contribution < 1.29 is 19.1 Å². The molecule has 6 heteroatoms. The molecule has 6 nitrogen and oxygen atoms in total. The normalized spacial score (nSPS) is 15.4. The minimum Gasteiger partial charge on any atom is -0.481 e. The van der Waals surface area contributed by atoms with Crippen LogP contribution in [0.4, 0.5) is 10.5 Å². The summed E-state index contributed by atoms with van der Waals surface area (Å²) in [5.41, 5.74) is 2.68. The number of hydrogen-bond acceptors (Lipinski definition) is 4. The van der Waals surface area contributed by atoms with Gasteiger partial charge in [0.05, 0.1) is 5.69 Å². The summed E-state index contributed by atoms with van der Waals surface area (Å²) < 4.78 is 5.30. The Morgan fingerprint density at radius 1 is 1.11 bits per heavy atom. The lowest BCUT2D eigenvalue weighted by Crippen LogP contribution is -2.54. The second-order valence-corrected chi connectivity index (χ2v) is 6.31. The fourth-order valence-corrected chi connectivity index (χ4v) is 2.88. The van der Waals surface area contributed by atoms with Crippen molar-refractivity contribution in [3.8, 4) is 18.1 Å². The minimum atomic E-state index is -0.767. The SMILES string of the molecule is C#CCOc1ccc(/C=C2\C(=O)NC(=O)N(c3ccc(C)cc3C)C2=O)cc1. The molecule has 0 saturated carbocycles. The number of anilines is 1. The number of ether oxygens (including phenoxy) is 1. The van der Waals surface area contributed by atoms with Crippen LogP contribution in [0.15, 0.2) is 48.0 Å². The van der Waals surface area contributed by atoms with Crippen molar-refractivity contribution in [3.63, 3.8) is 0 Å². The smallest absolute Gasteiger partial charge is 0.335 e. The van der Waals surface area contributed by atoms with Gasteiger partial charge in [0.25, 0.3) is 11.8 Å². The molecule has 0 unspecified atom stereocenters. The van der Waals surface area contributed by atoms with Crippen molar-refractivity contribution in [2.45, 2.75) is 13.8 Å². The average Bonchev–Trinajstić information content (AvgIpc) is 2.66. The van der Waals surface area contributed by atoms with Gasteiger partial charge in [-0.15, -0.1) is 6.42 Å². The Hall–Kier alpha value is -3.85. The van der Waals surface area contributed by atoms with Gasteiger partial charge in [0, 0.05) is 0 Å². The number of carbonyl (C=O) groups is 3. The molecule has 3 rings (SSSR count). The Morgan fingerprint density at radius 3 is 2.46 bits per heavy atom. The van der Waals surface area contributed by atoms with E-state index in [0.717, 1.165) is 16.0 Å². The summed E-state index contributed by atoms with van der Waals surface area (Å²) in [7, 11) is 0. The molecule has 1 saturated heterocycles. The molecule has 1 aliphatic rings. The molecule has 1 heterocycles. The molecule has 2 aromatic rings. The number of urea groups is 1. The largest absolute Gasteiger partial charge is 0.481 e. The molecule has 0 bridgehead atoms. The summed E-state index contributed by atoms with van der Waals surface area (Å²) in [6, 6.07) is 11.3. The number of benzene rings is 2. The third-order valence-corrected chi connectivity index (χ3v) is 4.21. The average molecular weight is 374 g/mol. The molecule has 0 atom stereocenters. The van der Waals surface area contributed by atoms with E-state index in [9.17, 15) is 14.4 Å². The second-order valence-electron chi connectivity index (χ2n) is 6.31. The van der Waals surface area contributed by atoms with Crippen LogP contribution in [-0.2, 0) is 9.59 Å².